The molecule has 2 nitrogen and oxygen atoms in total. The molecule has 2 unspecified atom stereocenters. The molecule has 0 amide bonds. The van der Waals surface area contributed by atoms with Crippen LogP contribution in [0.4, 0.5) is 0 Å². The maximum Gasteiger partial charge on any atom is 0.0107 e. The Hall–Kier alpha value is -0.0800. The average Bonchev–Trinajstić information content (AvgIpc) is 2.33. The van der Waals surface area contributed by atoms with Crippen molar-refractivity contribution in [2.45, 2.75) is 39.0 Å². The molecule has 1 heterocycles. The zero-order valence-electron chi connectivity index (χ0n) is 11.8. The van der Waals surface area contributed by atoms with Crippen LogP contribution in [0.15, 0.2) is 0 Å². The number of nitrogens with one attached hydrogen (secondary N) is 1. The molecule has 4 saturated carbocycles. The second-order valence-electron chi connectivity index (χ2n) is 8.00. The van der Waals surface area contributed by atoms with Gasteiger partial charge in [-0.3, -0.25) is 0 Å². The maximum atomic E-state index is 3.48. The lowest BCUT2D eigenvalue weighted by atomic mass is 9.46. The Morgan fingerprint density at radius 3 is 2.33 bits per heavy atom. The van der Waals surface area contributed by atoms with Crippen molar-refractivity contribution >= 4 is 0 Å². The zero-order chi connectivity index (χ0) is 12.2. The second-order valence-corrected chi connectivity index (χ2v) is 8.00. The third-order valence-electron chi connectivity index (χ3n) is 6.45. The molecule has 4 bridgehead atoms. The summed E-state index contributed by atoms with van der Waals surface area (Å²) in [5.41, 5.74) is 0.746. The Bertz CT molecular complexity index is 305. The van der Waals surface area contributed by atoms with Crippen molar-refractivity contribution in [3.63, 3.8) is 0 Å². The minimum absolute atomic E-state index is 0.746. The highest BCUT2D eigenvalue weighted by Crippen LogP contribution is 2.62. The van der Waals surface area contributed by atoms with Gasteiger partial charge >= 0.3 is 0 Å². The molecule has 1 saturated heterocycles. The lowest BCUT2D eigenvalue weighted by Gasteiger charge is -2.60. The number of hydrogen-bond donors (Lipinski definition) is 1. The molecule has 5 fully saturated rings. The highest BCUT2D eigenvalue weighted by atomic mass is 15.2. The van der Waals surface area contributed by atoms with Crippen molar-refractivity contribution in [1.82, 2.24) is 10.2 Å². The van der Waals surface area contributed by atoms with Gasteiger partial charge in [0.05, 0.1) is 0 Å². The van der Waals surface area contributed by atoms with Gasteiger partial charge in [0, 0.05) is 32.7 Å². The SMILES string of the molecule is CC12CC3CC(C1)C(CN1CCNCC1)C(C3)C2. The summed E-state index contributed by atoms with van der Waals surface area (Å²) in [6.45, 7) is 9.00. The molecule has 18 heavy (non-hydrogen) atoms. The van der Waals surface area contributed by atoms with Crippen LogP contribution in [0.3, 0.4) is 0 Å². The van der Waals surface area contributed by atoms with E-state index < -0.39 is 0 Å². The summed E-state index contributed by atoms with van der Waals surface area (Å²) in [4.78, 5) is 2.74. The van der Waals surface area contributed by atoms with Crippen LogP contribution in [0.1, 0.15) is 39.0 Å². The van der Waals surface area contributed by atoms with Gasteiger partial charge in [-0.25, -0.2) is 0 Å². The first kappa shape index (κ1) is 11.7. The van der Waals surface area contributed by atoms with Crippen molar-refractivity contribution in [2.24, 2.45) is 29.1 Å². The van der Waals surface area contributed by atoms with E-state index in [-0.39, 0.29) is 0 Å². The summed E-state index contributed by atoms with van der Waals surface area (Å²) in [6.07, 6.45) is 7.81. The first-order chi connectivity index (χ1) is 8.72. The fourth-order valence-corrected chi connectivity index (χ4v) is 6.03. The molecule has 2 heteroatoms. The van der Waals surface area contributed by atoms with Crippen LogP contribution in [0.5, 0.6) is 0 Å². The Balaban J connectivity index is 1.46. The van der Waals surface area contributed by atoms with Crippen LogP contribution >= 0.6 is 0 Å². The number of nitrogens with zero attached hydrogens (tertiary/aromatic N) is 1. The van der Waals surface area contributed by atoms with E-state index >= 15 is 0 Å². The quantitative estimate of drug-likeness (QED) is 0.807. The number of rotatable bonds is 2. The summed E-state index contributed by atoms with van der Waals surface area (Å²) >= 11 is 0. The van der Waals surface area contributed by atoms with Crippen LogP contribution in [-0.4, -0.2) is 37.6 Å². The average molecular weight is 248 g/mol. The third-order valence-corrected chi connectivity index (χ3v) is 6.45. The molecule has 0 radical (unpaired) electrons. The molecule has 2 atom stereocenters. The van der Waals surface area contributed by atoms with E-state index in [9.17, 15) is 0 Å². The smallest absolute Gasteiger partial charge is 0.0107 e. The van der Waals surface area contributed by atoms with Crippen molar-refractivity contribution in [2.75, 3.05) is 32.7 Å². The Kier molecular flexibility index (Phi) is 2.74. The van der Waals surface area contributed by atoms with Gasteiger partial charge in [0.25, 0.3) is 0 Å². The van der Waals surface area contributed by atoms with E-state index in [1.54, 1.807) is 32.1 Å². The molecule has 1 N–H and O–H groups in total. The normalized spacial score (nSPS) is 51.8. The van der Waals surface area contributed by atoms with Gasteiger partial charge in [0.1, 0.15) is 0 Å². The van der Waals surface area contributed by atoms with Gasteiger partial charge in [-0.2, -0.15) is 0 Å². The summed E-state index contributed by atoms with van der Waals surface area (Å²) < 4.78 is 0. The molecule has 5 rings (SSSR count). The summed E-state index contributed by atoms with van der Waals surface area (Å²) in [6, 6.07) is 0. The molecule has 0 aromatic heterocycles. The molecular weight excluding hydrogens is 220 g/mol. The second kappa shape index (κ2) is 4.21. The van der Waals surface area contributed by atoms with Crippen LogP contribution in [-0.2, 0) is 0 Å². The van der Waals surface area contributed by atoms with Crippen LogP contribution in [0.2, 0.25) is 0 Å². The van der Waals surface area contributed by atoms with Crippen molar-refractivity contribution in [3.8, 4) is 0 Å². The van der Waals surface area contributed by atoms with Crippen LogP contribution in [0.25, 0.3) is 0 Å². The number of piperazine rings is 1. The van der Waals surface area contributed by atoms with E-state index in [0.29, 0.717) is 0 Å². The molecule has 102 valence electrons. The van der Waals surface area contributed by atoms with Gasteiger partial charge < -0.3 is 10.2 Å². The predicted molar refractivity (Wildman–Crippen MR) is 74.5 cm³/mol. The van der Waals surface area contributed by atoms with Gasteiger partial charge in [0.15, 0.2) is 0 Å². The molecule has 0 aromatic carbocycles. The lowest BCUT2D eigenvalue weighted by Crippen LogP contribution is -2.54. The Morgan fingerprint density at radius 2 is 1.72 bits per heavy atom. The highest BCUT2D eigenvalue weighted by Gasteiger charge is 2.53. The maximum absolute atomic E-state index is 3.48. The minimum atomic E-state index is 0.746. The van der Waals surface area contributed by atoms with Gasteiger partial charge in [0.2, 0.25) is 0 Å². The minimum Gasteiger partial charge on any atom is -0.314 e. The van der Waals surface area contributed by atoms with E-state index in [1.165, 1.54) is 32.7 Å². The monoisotopic (exact) mass is 248 g/mol. The van der Waals surface area contributed by atoms with E-state index in [4.69, 9.17) is 0 Å². The molecule has 0 aromatic rings. The fraction of sp³-hybridized carbons (Fsp3) is 1.00. The molecule has 1 aliphatic heterocycles. The standard InChI is InChI=1S/C16H28N2/c1-16-8-12-6-13(9-16)15(14(7-12)10-16)11-18-4-2-17-3-5-18/h12-15,17H,2-11H2,1H3. The fourth-order valence-electron chi connectivity index (χ4n) is 6.03. The molecule has 0 spiro atoms. The number of hydrogen-bond acceptors (Lipinski definition) is 2. The van der Waals surface area contributed by atoms with Gasteiger partial charge in [-0.1, -0.05) is 6.92 Å². The van der Waals surface area contributed by atoms with Crippen molar-refractivity contribution in [3.05, 3.63) is 0 Å². The molecular formula is C16H28N2. The summed E-state index contributed by atoms with van der Waals surface area (Å²) in [7, 11) is 0. The van der Waals surface area contributed by atoms with E-state index in [0.717, 1.165) is 29.1 Å². The lowest BCUT2D eigenvalue weighted by molar-refractivity contribution is -0.0946. The van der Waals surface area contributed by atoms with E-state index in [1.807, 2.05) is 0 Å². The van der Waals surface area contributed by atoms with Gasteiger partial charge in [-0.15, -0.1) is 0 Å². The summed E-state index contributed by atoms with van der Waals surface area (Å²) in [5.74, 6) is 4.31. The van der Waals surface area contributed by atoms with Crippen molar-refractivity contribution < 1.29 is 0 Å². The largest absolute Gasteiger partial charge is 0.314 e. The summed E-state index contributed by atoms with van der Waals surface area (Å²) in [5, 5.41) is 3.48. The van der Waals surface area contributed by atoms with Crippen LogP contribution in [0, 0.1) is 29.1 Å². The topological polar surface area (TPSA) is 15.3 Å². The highest BCUT2D eigenvalue weighted by molar-refractivity contribution is 5.03. The Labute approximate surface area is 111 Å². The zero-order valence-corrected chi connectivity index (χ0v) is 11.8. The van der Waals surface area contributed by atoms with Crippen LogP contribution < -0.4 is 5.32 Å². The first-order valence-electron chi connectivity index (χ1n) is 8.15. The third kappa shape index (κ3) is 1.92. The Morgan fingerprint density at radius 1 is 1.06 bits per heavy atom. The predicted octanol–water partition coefficient (Wildman–Crippen LogP) is 2.35. The van der Waals surface area contributed by atoms with E-state index in [2.05, 4.69) is 17.1 Å². The van der Waals surface area contributed by atoms with Crippen molar-refractivity contribution in [1.29, 1.82) is 0 Å². The molecule has 4 aliphatic carbocycles. The molecule has 5 aliphatic rings. The van der Waals surface area contributed by atoms with Gasteiger partial charge in [-0.05, 0) is 61.2 Å². The first-order valence-corrected chi connectivity index (χ1v) is 8.15.